The van der Waals surface area contributed by atoms with Gasteiger partial charge in [-0.15, -0.1) is 0 Å². The molecule has 0 radical (unpaired) electrons. The Labute approximate surface area is 137 Å². The lowest BCUT2D eigenvalue weighted by molar-refractivity contribution is -0.131. The predicted molar refractivity (Wildman–Crippen MR) is 92.5 cm³/mol. The van der Waals surface area contributed by atoms with Crippen molar-refractivity contribution in [3.63, 3.8) is 0 Å². The van der Waals surface area contributed by atoms with Crippen LogP contribution in [0.25, 0.3) is 10.9 Å². The van der Waals surface area contributed by atoms with Gasteiger partial charge in [0.15, 0.2) is 0 Å². The van der Waals surface area contributed by atoms with Crippen molar-refractivity contribution in [2.75, 3.05) is 31.1 Å². The van der Waals surface area contributed by atoms with E-state index in [4.69, 9.17) is 4.98 Å². The smallest absolute Gasteiger partial charge is 0.242 e. The fourth-order valence-electron chi connectivity index (χ4n) is 3.83. The molecule has 2 aromatic rings. The third kappa shape index (κ3) is 3.03. The number of carbonyl (C=O) groups is 1. The van der Waals surface area contributed by atoms with Crippen LogP contribution in [0, 0.1) is 5.92 Å². The molecule has 4 heteroatoms. The number of aromatic nitrogens is 1. The summed E-state index contributed by atoms with van der Waals surface area (Å²) in [4.78, 5) is 21.4. The van der Waals surface area contributed by atoms with Gasteiger partial charge in [0.1, 0.15) is 5.82 Å². The molecule has 4 rings (SSSR count). The SMILES string of the molecule is O=C1CN(c2ccc3ccccc3n2)CCN1CC1CCCC1. The third-order valence-corrected chi connectivity index (χ3v) is 5.18. The van der Waals surface area contributed by atoms with Gasteiger partial charge >= 0.3 is 0 Å². The van der Waals surface area contributed by atoms with E-state index in [0.29, 0.717) is 6.54 Å². The molecule has 1 aliphatic heterocycles. The number of piperazine rings is 1. The Morgan fingerprint density at radius 1 is 1.04 bits per heavy atom. The Morgan fingerprint density at radius 2 is 1.87 bits per heavy atom. The molecule has 23 heavy (non-hydrogen) atoms. The van der Waals surface area contributed by atoms with Gasteiger partial charge in [-0.3, -0.25) is 4.79 Å². The molecule has 1 saturated heterocycles. The first-order chi connectivity index (χ1) is 11.3. The number of hydrogen-bond acceptors (Lipinski definition) is 3. The van der Waals surface area contributed by atoms with Crippen LogP contribution in [-0.2, 0) is 4.79 Å². The fourth-order valence-corrected chi connectivity index (χ4v) is 3.83. The van der Waals surface area contributed by atoms with Crippen molar-refractivity contribution in [3.8, 4) is 0 Å². The number of rotatable bonds is 3. The summed E-state index contributed by atoms with van der Waals surface area (Å²) in [5.41, 5.74) is 0.992. The van der Waals surface area contributed by atoms with Crippen LogP contribution < -0.4 is 4.90 Å². The Hall–Kier alpha value is -2.10. The maximum Gasteiger partial charge on any atom is 0.242 e. The van der Waals surface area contributed by atoms with Crippen molar-refractivity contribution in [2.45, 2.75) is 25.7 Å². The van der Waals surface area contributed by atoms with Crippen molar-refractivity contribution < 1.29 is 4.79 Å². The summed E-state index contributed by atoms with van der Waals surface area (Å²) in [6, 6.07) is 12.2. The molecule has 120 valence electrons. The molecule has 2 fully saturated rings. The number of amides is 1. The number of para-hydroxylation sites is 1. The molecule has 0 unspecified atom stereocenters. The highest BCUT2D eigenvalue weighted by Gasteiger charge is 2.27. The van der Waals surface area contributed by atoms with Crippen molar-refractivity contribution in [1.29, 1.82) is 0 Å². The molecule has 2 aliphatic rings. The lowest BCUT2D eigenvalue weighted by atomic mass is 10.1. The highest BCUT2D eigenvalue weighted by atomic mass is 16.2. The minimum absolute atomic E-state index is 0.248. The second-order valence-corrected chi connectivity index (χ2v) is 6.77. The molecule has 0 spiro atoms. The first kappa shape index (κ1) is 14.5. The summed E-state index contributed by atoms with van der Waals surface area (Å²) in [6.07, 6.45) is 5.25. The van der Waals surface area contributed by atoms with Crippen LogP contribution in [0.15, 0.2) is 36.4 Å². The van der Waals surface area contributed by atoms with Crippen LogP contribution in [-0.4, -0.2) is 42.0 Å². The molecule has 0 atom stereocenters. The van der Waals surface area contributed by atoms with Crippen LogP contribution in [0.5, 0.6) is 0 Å². The van der Waals surface area contributed by atoms with Crippen molar-refractivity contribution >= 4 is 22.6 Å². The normalized spacial score (nSPS) is 19.7. The number of hydrogen-bond donors (Lipinski definition) is 0. The Kier molecular flexibility index (Phi) is 3.90. The average molecular weight is 309 g/mol. The van der Waals surface area contributed by atoms with Gasteiger partial charge < -0.3 is 9.80 Å². The minimum atomic E-state index is 0.248. The number of carbonyl (C=O) groups excluding carboxylic acids is 1. The van der Waals surface area contributed by atoms with Crippen molar-refractivity contribution in [3.05, 3.63) is 36.4 Å². The van der Waals surface area contributed by atoms with Crippen molar-refractivity contribution in [1.82, 2.24) is 9.88 Å². The molecule has 1 saturated carbocycles. The quantitative estimate of drug-likeness (QED) is 0.874. The zero-order chi connectivity index (χ0) is 15.6. The zero-order valence-electron chi connectivity index (χ0n) is 13.4. The van der Waals surface area contributed by atoms with Crippen LogP contribution in [0.3, 0.4) is 0 Å². The van der Waals surface area contributed by atoms with Gasteiger partial charge in [0.2, 0.25) is 5.91 Å². The van der Waals surface area contributed by atoms with Gasteiger partial charge in [-0.25, -0.2) is 4.98 Å². The van der Waals surface area contributed by atoms with E-state index in [0.717, 1.165) is 42.3 Å². The average Bonchev–Trinajstić information content (AvgIpc) is 3.09. The second-order valence-electron chi connectivity index (χ2n) is 6.77. The molecule has 1 amide bonds. The summed E-state index contributed by atoms with van der Waals surface area (Å²) in [7, 11) is 0. The van der Waals surface area contributed by atoms with E-state index in [1.54, 1.807) is 0 Å². The van der Waals surface area contributed by atoms with Gasteiger partial charge in [-0.2, -0.15) is 0 Å². The van der Waals surface area contributed by atoms with E-state index < -0.39 is 0 Å². The van der Waals surface area contributed by atoms with Gasteiger partial charge in [-0.1, -0.05) is 31.0 Å². The monoisotopic (exact) mass is 309 g/mol. The summed E-state index contributed by atoms with van der Waals surface area (Å²) >= 11 is 0. The zero-order valence-corrected chi connectivity index (χ0v) is 13.4. The Bertz CT molecular complexity index is 709. The topological polar surface area (TPSA) is 36.4 Å². The minimum Gasteiger partial charge on any atom is -0.346 e. The maximum absolute atomic E-state index is 12.5. The number of anilines is 1. The van der Waals surface area contributed by atoms with Gasteiger partial charge in [-0.05, 0) is 37.0 Å². The van der Waals surface area contributed by atoms with E-state index in [1.807, 2.05) is 24.3 Å². The number of benzene rings is 1. The molecule has 0 bridgehead atoms. The molecule has 1 aliphatic carbocycles. The Morgan fingerprint density at radius 3 is 2.70 bits per heavy atom. The molecular formula is C19H23N3O. The summed E-state index contributed by atoms with van der Waals surface area (Å²) in [5, 5.41) is 1.14. The van der Waals surface area contributed by atoms with E-state index in [2.05, 4.69) is 21.9 Å². The van der Waals surface area contributed by atoms with E-state index >= 15 is 0 Å². The van der Waals surface area contributed by atoms with E-state index in [1.165, 1.54) is 25.7 Å². The summed E-state index contributed by atoms with van der Waals surface area (Å²) < 4.78 is 0. The molecule has 2 heterocycles. The molecule has 1 aromatic carbocycles. The maximum atomic E-state index is 12.5. The van der Waals surface area contributed by atoms with E-state index in [9.17, 15) is 4.79 Å². The van der Waals surface area contributed by atoms with E-state index in [-0.39, 0.29) is 5.91 Å². The highest BCUT2D eigenvalue weighted by molar-refractivity contribution is 5.84. The number of fused-ring (bicyclic) bond motifs is 1. The van der Waals surface area contributed by atoms with Crippen molar-refractivity contribution in [2.24, 2.45) is 5.92 Å². The molecular weight excluding hydrogens is 286 g/mol. The lowest BCUT2D eigenvalue weighted by Gasteiger charge is -2.36. The second kappa shape index (κ2) is 6.19. The summed E-state index contributed by atoms with van der Waals surface area (Å²) in [6.45, 7) is 3.11. The largest absolute Gasteiger partial charge is 0.346 e. The van der Waals surface area contributed by atoms with Crippen LogP contribution in [0.1, 0.15) is 25.7 Å². The standard InChI is InChI=1S/C19H23N3O/c23-19-14-21(11-12-22(19)13-15-5-1-2-6-15)18-10-9-16-7-3-4-8-17(16)20-18/h3-4,7-10,15H,1-2,5-6,11-14H2. The van der Waals surface area contributed by atoms with Crippen LogP contribution in [0.2, 0.25) is 0 Å². The predicted octanol–water partition coefficient (Wildman–Crippen LogP) is 3.07. The first-order valence-corrected chi connectivity index (χ1v) is 8.68. The molecule has 4 nitrogen and oxygen atoms in total. The van der Waals surface area contributed by atoms with Crippen LogP contribution in [0.4, 0.5) is 5.82 Å². The fraction of sp³-hybridized carbons (Fsp3) is 0.474. The van der Waals surface area contributed by atoms with Gasteiger partial charge in [0.25, 0.3) is 0 Å². The Balaban J connectivity index is 1.45. The van der Waals surface area contributed by atoms with Crippen LogP contribution >= 0.6 is 0 Å². The van der Waals surface area contributed by atoms with Gasteiger partial charge in [0, 0.05) is 25.0 Å². The number of nitrogens with zero attached hydrogens (tertiary/aromatic N) is 3. The molecule has 1 aromatic heterocycles. The lowest BCUT2D eigenvalue weighted by Crippen LogP contribution is -2.51. The first-order valence-electron chi connectivity index (χ1n) is 8.68. The number of pyridine rings is 1. The highest BCUT2D eigenvalue weighted by Crippen LogP contribution is 2.26. The summed E-state index contributed by atoms with van der Waals surface area (Å²) in [5.74, 6) is 1.89. The molecule has 0 N–H and O–H groups in total. The van der Waals surface area contributed by atoms with Gasteiger partial charge in [0.05, 0.1) is 12.1 Å². The third-order valence-electron chi connectivity index (χ3n) is 5.18.